The smallest absolute Gasteiger partial charge is 0.219 e. The van der Waals surface area contributed by atoms with Crippen LogP contribution in [0.25, 0.3) is 0 Å². The number of aryl methyl sites for hydroxylation is 2. The quantitative estimate of drug-likeness (QED) is 0.742. The fourth-order valence-electron chi connectivity index (χ4n) is 5.07. The molecule has 8 heteroatoms. The molecule has 0 radical (unpaired) electrons. The monoisotopic (exact) mass is 420 g/mol. The first-order valence-electron chi connectivity index (χ1n) is 11.2. The number of rotatable bonds is 2. The molecule has 31 heavy (non-hydrogen) atoms. The number of pyridine rings is 1. The van der Waals surface area contributed by atoms with E-state index in [0.717, 1.165) is 86.9 Å². The van der Waals surface area contributed by atoms with Gasteiger partial charge in [-0.3, -0.25) is 14.5 Å². The van der Waals surface area contributed by atoms with E-state index in [4.69, 9.17) is 14.8 Å². The lowest BCUT2D eigenvalue weighted by atomic mass is 10.0. The second-order valence-electron chi connectivity index (χ2n) is 8.68. The molecule has 0 aromatic carbocycles. The van der Waals surface area contributed by atoms with Crippen LogP contribution in [0.2, 0.25) is 0 Å². The number of hydrogen-bond acceptors (Lipinski definition) is 6. The van der Waals surface area contributed by atoms with Gasteiger partial charge >= 0.3 is 0 Å². The van der Waals surface area contributed by atoms with Crippen molar-refractivity contribution in [3.63, 3.8) is 0 Å². The van der Waals surface area contributed by atoms with E-state index in [9.17, 15) is 10.1 Å². The third-order valence-electron chi connectivity index (χ3n) is 6.78. The molecule has 0 N–H and O–H groups in total. The van der Waals surface area contributed by atoms with Gasteiger partial charge < -0.3 is 14.5 Å². The zero-order valence-electron chi connectivity index (χ0n) is 18.2. The van der Waals surface area contributed by atoms with Crippen molar-refractivity contribution in [3.05, 3.63) is 34.3 Å². The molecule has 162 valence electrons. The van der Waals surface area contributed by atoms with Gasteiger partial charge in [0.15, 0.2) is 5.82 Å². The number of fused-ring (bicyclic) bond motifs is 2. The van der Waals surface area contributed by atoms with Gasteiger partial charge in [0.05, 0.1) is 35.2 Å². The number of hydrogen-bond donors (Lipinski definition) is 0. The minimum Gasteiger partial charge on any atom is -0.381 e. The lowest BCUT2D eigenvalue weighted by Gasteiger charge is -2.32. The average molecular weight is 421 g/mol. The van der Waals surface area contributed by atoms with E-state index < -0.39 is 0 Å². The SMILES string of the molecule is CC(=O)N1CCc2c(c(N3CCCc4nc(C)c(C#N)cc43)nn2C2CCOCC2)C1. The number of nitrogens with zero attached hydrogens (tertiary/aromatic N) is 6. The molecule has 0 bridgehead atoms. The van der Waals surface area contributed by atoms with Gasteiger partial charge in [0.25, 0.3) is 0 Å². The molecule has 5 rings (SSSR count). The van der Waals surface area contributed by atoms with Crippen molar-refractivity contribution in [3.8, 4) is 6.07 Å². The Morgan fingerprint density at radius 3 is 2.81 bits per heavy atom. The molecule has 5 heterocycles. The van der Waals surface area contributed by atoms with Crippen LogP contribution >= 0.6 is 0 Å². The first-order chi connectivity index (χ1) is 15.1. The summed E-state index contributed by atoms with van der Waals surface area (Å²) >= 11 is 0. The van der Waals surface area contributed by atoms with Crippen LogP contribution in [0.15, 0.2) is 6.07 Å². The number of carbonyl (C=O) groups is 1. The van der Waals surface area contributed by atoms with Crippen LogP contribution in [0, 0.1) is 18.3 Å². The second kappa shape index (κ2) is 7.97. The Labute approximate surface area is 182 Å². The minimum atomic E-state index is 0.0959. The lowest BCUT2D eigenvalue weighted by molar-refractivity contribution is -0.129. The van der Waals surface area contributed by atoms with Crippen LogP contribution in [0.5, 0.6) is 0 Å². The zero-order valence-corrected chi connectivity index (χ0v) is 18.2. The van der Waals surface area contributed by atoms with E-state index in [-0.39, 0.29) is 5.91 Å². The number of amides is 1. The van der Waals surface area contributed by atoms with E-state index in [1.807, 2.05) is 17.9 Å². The maximum absolute atomic E-state index is 12.1. The summed E-state index contributed by atoms with van der Waals surface area (Å²) in [5.41, 5.74) is 5.77. The summed E-state index contributed by atoms with van der Waals surface area (Å²) < 4.78 is 7.79. The highest BCUT2D eigenvalue weighted by Gasteiger charge is 2.33. The van der Waals surface area contributed by atoms with Crippen molar-refractivity contribution in [2.24, 2.45) is 0 Å². The Bertz CT molecular complexity index is 1060. The van der Waals surface area contributed by atoms with E-state index in [2.05, 4.69) is 15.7 Å². The van der Waals surface area contributed by atoms with E-state index in [1.165, 1.54) is 5.69 Å². The third kappa shape index (κ3) is 3.47. The molecule has 0 atom stereocenters. The number of ether oxygens (including phenoxy) is 1. The van der Waals surface area contributed by atoms with Crippen molar-refractivity contribution < 1.29 is 9.53 Å². The molecule has 3 aliphatic rings. The molecule has 1 saturated heterocycles. The van der Waals surface area contributed by atoms with Gasteiger partial charge in [-0.1, -0.05) is 0 Å². The first-order valence-corrected chi connectivity index (χ1v) is 11.2. The lowest BCUT2D eigenvalue weighted by Crippen LogP contribution is -2.36. The molecule has 1 fully saturated rings. The maximum atomic E-state index is 12.1. The van der Waals surface area contributed by atoms with Gasteiger partial charge in [-0.25, -0.2) is 0 Å². The van der Waals surface area contributed by atoms with Crippen molar-refractivity contribution in [2.45, 2.75) is 58.5 Å². The maximum Gasteiger partial charge on any atom is 0.219 e. The fraction of sp³-hybridized carbons (Fsp3) is 0.565. The Hall–Kier alpha value is -2.92. The van der Waals surface area contributed by atoms with Crippen LogP contribution in [0.1, 0.15) is 60.4 Å². The topological polar surface area (TPSA) is 87.3 Å². The first kappa shape index (κ1) is 20.0. The van der Waals surface area contributed by atoms with E-state index in [1.54, 1.807) is 6.92 Å². The molecule has 2 aromatic heterocycles. The number of anilines is 2. The molecule has 1 amide bonds. The van der Waals surface area contributed by atoms with Crippen molar-refractivity contribution >= 4 is 17.4 Å². The average Bonchev–Trinajstić information content (AvgIpc) is 3.17. The molecule has 0 spiro atoms. The van der Waals surface area contributed by atoms with Crippen LogP contribution in [0.4, 0.5) is 11.5 Å². The summed E-state index contributed by atoms with van der Waals surface area (Å²) in [6, 6.07) is 4.57. The van der Waals surface area contributed by atoms with Crippen molar-refractivity contribution in [1.82, 2.24) is 19.7 Å². The van der Waals surface area contributed by atoms with Crippen molar-refractivity contribution in [1.29, 1.82) is 5.26 Å². The van der Waals surface area contributed by atoms with Crippen molar-refractivity contribution in [2.75, 3.05) is 31.2 Å². The number of carbonyl (C=O) groups excluding carboxylic acids is 1. The molecular weight excluding hydrogens is 392 g/mol. The molecule has 0 aliphatic carbocycles. The van der Waals surface area contributed by atoms with Crippen LogP contribution in [0.3, 0.4) is 0 Å². The Morgan fingerprint density at radius 2 is 2.06 bits per heavy atom. The summed E-state index contributed by atoms with van der Waals surface area (Å²) in [4.78, 5) is 21.0. The van der Waals surface area contributed by atoms with Gasteiger partial charge in [0.2, 0.25) is 5.91 Å². The Balaban J connectivity index is 1.62. The third-order valence-corrected chi connectivity index (χ3v) is 6.78. The second-order valence-corrected chi connectivity index (χ2v) is 8.68. The molecule has 0 unspecified atom stereocenters. The van der Waals surface area contributed by atoms with Crippen LogP contribution in [-0.4, -0.2) is 51.9 Å². The number of nitriles is 1. The summed E-state index contributed by atoms with van der Waals surface area (Å²) in [6.45, 7) is 7.19. The van der Waals surface area contributed by atoms with E-state index in [0.29, 0.717) is 18.2 Å². The highest BCUT2D eigenvalue weighted by Crippen LogP contribution is 2.39. The fourth-order valence-corrected chi connectivity index (χ4v) is 5.07. The molecule has 0 saturated carbocycles. The largest absolute Gasteiger partial charge is 0.381 e. The van der Waals surface area contributed by atoms with Crippen LogP contribution in [-0.2, 0) is 28.9 Å². The zero-order chi connectivity index (χ0) is 21.5. The standard InChI is InChI=1S/C23H28N6O2/c1-15-17(13-24)12-22-20(25-15)4-3-8-28(22)23-19-14-27(16(2)30)9-5-21(19)29(26-23)18-6-10-31-11-7-18/h12,18H,3-11,14H2,1-2H3. The van der Waals surface area contributed by atoms with Gasteiger partial charge in [0.1, 0.15) is 6.07 Å². The highest BCUT2D eigenvalue weighted by atomic mass is 16.5. The predicted octanol–water partition coefficient (Wildman–Crippen LogP) is 2.80. The van der Waals surface area contributed by atoms with Gasteiger partial charge in [0, 0.05) is 50.9 Å². The molecule has 2 aromatic rings. The predicted molar refractivity (Wildman–Crippen MR) is 115 cm³/mol. The highest BCUT2D eigenvalue weighted by molar-refractivity contribution is 5.75. The molecule has 8 nitrogen and oxygen atoms in total. The Kier molecular flexibility index (Phi) is 5.14. The minimum absolute atomic E-state index is 0.0959. The van der Waals surface area contributed by atoms with Crippen LogP contribution < -0.4 is 4.90 Å². The van der Waals surface area contributed by atoms with E-state index >= 15 is 0 Å². The molecular formula is C23H28N6O2. The summed E-state index contributed by atoms with van der Waals surface area (Å²) in [5.74, 6) is 1.02. The summed E-state index contributed by atoms with van der Waals surface area (Å²) in [6.07, 6.45) is 4.62. The van der Waals surface area contributed by atoms with Gasteiger partial charge in [-0.2, -0.15) is 10.4 Å². The van der Waals surface area contributed by atoms with Gasteiger partial charge in [-0.05, 0) is 38.7 Å². The summed E-state index contributed by atoms with van der Waals surface area (Å²) in [5, 5.41) is 14.7. The number of aromatic nitrogens is 3. The van der Waals surface area contributed by atoms with Gasteiger partial charge in [-0.15, -0.1) is 0 Å². The summed E-state index contributed by atoms with van der Waals surface area (Å²) in [7, 11) is 0. The normalized spacial score (nSPS) is 19.0. The molecule has 3 aliphatic heterocycles. The Morgan fingerprint density at radius 1 is 1.26 bits per heavy atom.